The number of nitrogen functional groups attached to an aromatic ring is 4. The third kappa shape index (κ3) is 17.9. The van der Waals surface area contributed by atoms with Gasteiger partial charge in [-0.15, -0.1) is 0 Å². The van der Waals surface area contributed by atoms with Crippen LogP contribution < -0.4 is 22.9 Å². The molecule has 0 bridgehead atoms. The number of carboxylic acids is 4. The fourth-order valence-electron chi connectivity index (χ4n) is 5.08. The Labute approximate surface area is 401 Å². The lowest BCUT2D eigenvalue weighted by Gasteiger charge is -1.99. The standard InChI is InChI=1S/2C7H5N3O6.4C7H7NO2/c2*1-4-6(9(13)14)2-5(8(11)12)3-7(4)10(15)16;4*8-6-4-2-1-3-5(6)7(9)10/h2*2-3H,1H3;4*1-4H,8H2,(H,9,10). The number of para-hydroxylation sites is 4. The topological polar surface area (TPSA) is 512 Å². The van der Waals surface area contributed by atoms with Crippen molar-refractivity contribution in [1.29, 1.82) is 0 Å². The number of nitro groups is 6. The number of hydrogen-bond donors (Lipinski definition) is 8. The Balaban J connectivity index is 0.000000438. The van der Waals surface area contributed by atoms with Gasteiger partial charge in [0.15, 0.2) is 0 Å². The molecule has 376 valence electrons. The second-order valence-corrected chi connectivity index (χ2v) is 13.3. The second-order valence-electron chi connectivity index (χ2n) is 13.3. The van der Waals surface area contributed by atoms with E-state index in [0.29, 0.717) is 47.0 Å². The quantitative estimate of drug-likeness (QED) is 0.0378. The van der Waals surface area contributed by atoms with E-state index in [2.05, 4.69) is 0 Å². The fraction of sp³-hybridized carbons (Fsp3) is 0.0476. The Morgan fingerprint density at radius 1 is 0.347 bits per heavy atom. The van der Waals surface area contributed by atoms with Gasteiger partial charge >= 0.3 is 23.9 Å². The second kappa shape index (κ2) is 27.4. The number of anilines is 4. The minimum absolute atomic E-state index is 0.155. The van der Waals surface area contributed by atoms with E-state index in [9.17, 15) is 79.9 Å². The van der Waals surface area contributed by atoms with Crippen molar-refractivity contribution in [2.75, 3.05) is 22.9 Å². The van der Waals surface area contributed by atoms with Gasteiger partial charge in [0.05, 0.1) is 76.1 Å². The van der Waals surface area contributed by atoms with Crippen molar-refractivity contribution >= 4 is 80.8 Å². The predicted octanol–water partition coefficient (Wildman–Crippen LogP) is 7.31. The monoisotopic (exact) mass is 1000 g/mol. The van der Waals surface area contributed by atoms with Crippen molar-refractivity contribution in [2.45, 2.75) is 13.8 Å². The van der Waals surface area contributed by atoms with Crippen LogP contribution in [-0.4, -0.2) is 73.8 Å². The number of nitro benzene ring substituents is 6. The van der Waals surface area contributed by atoms with Crippen LogP contribution >= 0.6 is 0 Å². The average molecular weight is 1000 g/mol. The van der Waals surface area contributed by atoms with Gasteiger partial charge in [-0.1, -0.05) is 48.5 Å². The molecule has 30 heteroatoms. The fourth-order valence-corrected chi connectivity index (χ4v) is 5.08. The van der Waals surface area contributed by atoms with Crippen LogP contribution in [0.4, 0.5) is 56.9 Å². The average Bonchev–Trinajstić information content (AvgIpc) is 3.30. The Morgan fingerprint density at radius 3 is 0.625 bits per heavy atom. The number of carbonyl (C=O) groups is 4. The van der Waals surface area contributed by atoms with Crippen LogP contribution in [0.15, 0.2) is 121 Å². The number of aromatic carboxylic acids is 4. The largest absolute Gasteiger partial charge is 0.478 e. The number of carboxylic acid groups (broad SMARTS) is 4. The highest BCUT2D eigenvalue weighted by Crippen LogP contribution is 2.33. The SMILES string of the molecule is Cc1c([N+](=O)[O-])cc([N+](=O)[O-])cc1[N+](=O)[O-].Cc1c([N+](=O)[O-])cc([N+](=O)[O-])cc1[N+](=O)[O-].Nc1ccccc1C(=O)O.Nc1ccccc1C(=O)O.Nc1ccccc1C(=O)O.Nc1ccccc1C(=O)O. The molecule has 0 fully saturated rings. The third-order valence-corrected chi connectivity index (χ3v) is 8.65. The van der Waals surface area contributed by atoms with E-state index in [1.165, 1.54) is 38.1 Å². The molecule has 0 amide bonds. The summed E-state index contributed by atoms with van der Waals surface area (Å²) >= 11 is 0. The van der Waals surface area contributed by atoms with Crippen LogP contribution in [0.1, 0.15) is 52.6 Å². The minimum Gasteiger partial charge on any atom is -0.478 e. The normalized spacial score (nSPS) is 9.47. The molecule has 0 atom stereocenters. The molecule has 0 aliphatic carbocycles. The van der Waals surface area contributed by atoms with Crippen LogP contribution in [0, 0.1) is 74.5 Å². The van der Waals surface area contributed by atoms with Crippen LogP contribution in [0.2, 0.25) is 0 Å². The van der Waals surface area contributed by atoms with Gasteiger partial charge in [0.25, 0.3) is 34.1 Å². The molecule has 72 heavy (non-hydrogen) atoms. The number of nitrogens with zero attached hydrogens (tertiary/aromatic N) is 6. The molecule has 12 N–H and O–H groups in total. The Bertz CT molecular complexity index is 2670. The molecule has 0 heterocycles. The van der Waals surface area contributed by atoms with Gasteiger partial charge in [-0.25, -0.2) is 19.2 Å². The van der Waals surface area contributed by atoms with Crippen molar-refractivity contribution < 1.29 is 69.1 Å². The maximum Gasteiger partial charge on any atom is 0.337 e. The van der Waals surface area contributed by atoms with Crippen molar-refractivity contribution in [2.24, 2.45) is 0 Å². The van der Waals surface area contributed by atoms with E-state index in [1.807, 2.05) is 0 Å². The molecular weight excluding hydrogens is 965 g/mol. The van der Waals surface area contributed by atoms with Gasteiger partial charge in [0, 0.05) is 22.7 Å². The number of hydrogen-bond acceptors (Lipinski definition) is 20. The van der Waals surface area contributed by atoms with E-state index >= 15 is 0 Å². The van der Waals surface area contributed by atoms with Gasteiger partial charge in [-0.05, 0) is 62.4 Å². The lowest BCUT2D eigenvalue weighted by atomic mass is 10.1. The molecule has 6 aromatic rings. The summed E-state index contributed by atoms with van der Waals surface area (Å²) < 4.78 is 0. The number of non-ortho nitro benzene ring substituents is 2. The number of benzene rings is 6. The van der Waals surface area contributed by atoms with Crippen molar-refractivity contribution in [3.63, 3.8) is 0 Å². The third-order valence-electron chi connectivity index (χ3n) is 8.65. The molecule has 0 aliphatic rings. The lowest BCUT2D eigenvalue weighted by molar-refractivity contribution is -0.404. The first-order valence-corrected chi connectivity index (χ1v) is 19.0. The summed E-state index contributed by atoms with van der Waals surface area (Å²) in [5, 5.41) is 96.9. The summed E-state index contributed by atoms with van der Waals surface area (Å²) in [6.45, 7) is 2.33. The zero-order valence-electron chi connectivity index (χ0n) is 36.9. The lowest BCUT2D eigenvalue weighted by Crippen LogP contribution is -2.00. The highest BCUT2D eigenvalue weighted by Gasteiger charge is 2.28. The molecule has 6 aromatic carbocycles. The van der Waals surface area contributed by atoms with Crippen molar-refractivity contribution in [3.05, 3.63) is 215 Å². The van der Waals surface area contributed by atoms with E-state index in [-0.39, 0.29) is 33.4 Å². The zero-order chi connectivity index (χ0) is 55.2. The first kappa shape index (κ1) is 58.8. The summed E-state index contributed by atoms with van der Waals surface area (Å²) in [6, 6.07) is 28.2. The molecule has 0 unspecified atom stereocenters. The smallest absolute Gasteiger partial charge is 0.337 e. The molecule has 0 spiro atoms. The van der Waals surface area contributed by atoms with E-state index in [0.717, 1.165) is 0 Å². The summed E-state index contributed by atoms with van der Waals surface area (Å²) in [4.78, 5) is 98.9. The van der Waals surface area contributed by atoms with Crippen LogP contribution in [0.25, 0.3) is 0 Å². The van der Waals surface area contributed by atoms with E-state index in [4.69, 9.17) is 43.4 Å². The maximum absolute atomic E-state index is 10.5. The highest BCUT2D eigenvalue weighted by atomic mass is 16.6. The van der Waals surface area contributed by atoms with Crippen LogP contribution in [0.3, 0.4) is 0 Å². The number of rotatable bonds is 10. The molecular formula is C42H38N10O20. The molecule has 30 nitrogen and oxygen atoms in total. The minimum atomic E-state index is -0.988. The van der Waals surface area contributed by atoms with Crippen molar-refractivity contribution in [1.82, 2.24) is 0 Å². The first-order valence-electron chi connectivity index (χ1n) is 19.0. The van der Waals surface area contributed by atoms with Gasteiger partial charge in [-0.3, -0.25) is 60.7 Å². The highest BCUT2D eigenvalue weighted by molar-refractivity contribution is 5.95. The first-order chi connectivity index (χ1) is 33.5. The maximum atomic E-state index is 10.5. The van der Waals surface area contributed by atoms with E-state index < -0.39 is 87.5 Å². The van der Waals surface area contributed by atoms with Gasteiger partial charge < -0.3 is 43.4 Å². The zero-order valence-corrected chi connectivity index (χ0v) is 36.9. The molecule has 0 radical (unpaired) electrons. The summed E-state index contributed by atoms with van der Waals surface area (Å²) in [7, 11) is 0. The molecule has 6 rings (SSSR count). The van der Waals surface area contributed by atoms with Gasteiger partial charge in [0.2, 0.25) is 0 Å². The van der Waals surface area contributed by atoms with Crippen LogP contribution in [0.5, 0.6) is 0 Å². The van der Waals surface area contributed by atoms with Gasteiger partial charge in [-0.2, -0.15) is 0 Å². The Hall–Kier alpha value is -11.2. The Kier molecular flexibility index (Phi) is 22.4. The molecule has 0 saturated heterocycles. The van der Waals surface area contributed by atoms with Crippen molar-refractivity contribution in [3.8, 4) is 0 Å². The summed E-state index contributed by atoms with van der Waals surface area (Å²) in [5.41, 5.74) is 18.9. The molecule has 0 saturated carbocycles. The van der Waals surface area contributed by atoms with Crippen LogP contribution in [-0.2, 0) is 0 Å². The predicted molar refractivity (Wildman–Crippen MR) is 254 cm³/mol. The summed E-state index contributed by atoms with van der Waals surface area (Å²) in [6.07, 6.45) is 0. The molecule has 0 aliphatic heterocycles. The Morgan fingerprint density at radius 2 is 0.514 bits per heavy atom. The number of nitrogens with two attached hydrogens (primary N) is 4. The van der Waals surface area contributed by atoms with Gasteiger partial charge in [0.1, 0.15) is 11.1 Å². The molecule has 0 aromatic heterocycles. The van der Waals surface area contributed by atoms with E-state index in [1.54, 1.807) is 72.8 Å². The summed E-state index contributed by atoms with van der Waals surface area (Å²) in [5.74, 6) is -3.95.